The summed E-state index contributed by atoms with van der Waals surface area (Å²) in [6.07, 6.45) is 0.784. The Morgan fingerprint density at radius 2 is 2.09 bits per heavy atom. The highest BCUT2D eigenvalue weighted by Crippen LogP contribution is 2.22. The summed E-state index contributed by atoms with van der Waals surface area (Å²) in [7, 11) is 0. The quantitative estimate of drug-likeness (QED) is 0.787. The van der Waals surface area contributed by atoms with E-state index in [9.17, 15) is 4.79 Å². The molecular weight excluding hydrogens is 298 g/mol. The second-order valence-electron chi connectivity index (χ2n) is 4.71. The molecule has 2 rings (SSSR count). The van der Waals surface area contributed by atoms with Crippen LogP contribution in [0.25, 0.3) is 0 Å². The molecule has 0 aliphatic rings. The van der Waals surface area contributed by atoms with E-state index in [1.165, 1.54) is 0 Å². The van der Waals surface area contributed by atoms with Gasteiger partial charge in [0.05, 0.1) is 11.6 Å². The maximum absolute atomic E-state index is 10.9. The molecule has 1 amide bonds. The summed E-state index contributed by atoms with van der Waals surface area (Å²) in [5.41, 5.74) is 6.94. The van der Waals surface area contributed by atoms with Crippen molar-refractivity contribution in [2.75, 3.05) is 0 Å². The second kappa shape index (κ2) is 7.61. The SMILES string of the molecule is CCn1c(CCC(N)=O)nnc1SCc1ccc(C#N)cc1. The van der Waals surface area contributed by atoms with Gasteiger partial charge >= 0.3 is 0 Å². The lowest BCUT2D eigenvalue weighted by atomic mass is 10.2. The first-order chi connectivity index (χ1) is 10.6. The molecule has 22 heavy (non-hydrogen) atoms. The highest BCUT2D eigenvalue weighted by molar-refractivity contribution is 7.98. The molecule has 0 bridgehead atoms. The second-order valence-corrected chi connectivity index (χ2v) is 5.65. The molecule has 0 fully saturated rings. The molecule has 2 aromatic rings. The van der Waals surface area contributed by atoms with Gasteiger partial charge in [-0.05, 0) is 24.6 Å². The first kappa shape index (κ1) is 16.0. The standard InChI is InChI=1S/C15H17N5OS/c1-2-20-14(8-7-13(17)21)18-19-15(20)22-10-12-5-3-11(9-16)4-6-12/h3-6H,2,7-8,10H2,1H3,(H2,17,21). The minimum absolute atomic E-state index is 0.276. The van der Waals surface area contributed by atoms with Crippen molar-refractivity contribution in [1.82, 2.24) is 14.8 Å². The Morgan fingerprint density at radius 1 is 1.36 bits per heavy atom. The third-order valence-corrected chi connectivity index (χ3v) is 4.19. The zero-order valence-electron chi connectivity index (χ0n) is 12.3. The number of nitrogens with two attached hydrogens (primary N) is 1. The molecule has 0 aliphatic carbocycles. The Kier molecular flexibility index (Phi) is 5.55. The van der Waals surface area contributed by atoms with Gasteiger partial charge in [-0.3, -0.25) is 4.79 Å². The van der Waals surface area contributed by atoms with Crippen molar-refractivity contribution in [2.24, 2.45) is 5.73 Å². The van der Waals surface area contributed by atoms with Crippen molar-refractivity contribution in [1.29, 1.82) is 5.26 Å². The minimum atomic E-state index is -0.336. The van der Waals surface area contributed by atoms with Gasteiger partial charge in [-0.15, -0.1) is 10.2 Å². The Hall–Kier alpha value is -2.33. The smallest absolute Gasteiger partial charge is 0.217 e. The molecule has 7 heteroatoms. The average molecular weight is 315 g/mol. The van der Waals surface area contributed by atoms with Crippen LogP contribution in [0.1, 0.15) is 30.3 Å². The molecule has 1 aromatic carbocycles. The number of carbonyl (C=O) groups is 1. The first-order valence-corrected chi connectivity index (χ1v) is 7.94. The van der Waals surface area contributed by atoms with Crippen molar-refractivity contribution >= 4 is 17.7 Å². The molecule has 0 aliphatic heterocycles. The minimum Gasteiger partial charge on any atom is -0.370 e. The lowest BCUT2D eigenvalue weighted by Crippen LogP contribution is -2.13. The molecular formula is C15H17N5OS. The summed E-state index contributed by atoms with van der Waals surface area (Å²) in [6, 6.07) is 9.58. The Bertz CT molecular complexity index is 687. The van der Waals surface area contributed by atoms with E-state index in [1.54, 1.807) is 23.9 Å². The molecule has 0 saturated carbocycles. The van der Waals surface area contributed by atoms with Gasteiger partial charge in [0.2, 0.25) is 5.91 Å². The van der Waals surface area contributed by atoms with Gasteiger partial charge in [-0.25, -0.2) is 0 Å². The molecule has 6 nitrogen and oxygen atoms in total. The molecule has 0 radical (unpaired) electrons. The number of thioether (sulfide) groups is 1. The van der Waals surface area contributed by atoms with Crippen LogP contribution in [0.15, 0.2) is 29.4 Å². The third kappa shape index (κ3) is 4.09. The number of aryl methyl sites for hydroxylation is 1. The van der Waals surface area contributed by atoms with Crippen LogP contribution in [0.2, 0.25) is 0 Å². The predicted octanol–water partition coefficient (Wildman–Crippen LogP) is 1.88. The van der Waals surface area contributed by atoms with Crippen molar-refractivity contribution in [2.45, 2.75) is 37.2 Å². The third-order valence-electron chi connectivity index (χ3n) is 3.16. The van der Waals surface area contributed by atoms with Gasteiger partial charge < -0.3 is 10.3 Å². The van der Waals surface area contributed by atoms with Crippen molar-refractivity contribution in [3.05, 3.63) is 41.2 Å². The van der Waals surface area contributed by atoms with E-state index in [0.29, 0.717) is 12.0 Å². The summed E-state index contributed by atoms with van der Waals surface area (Å²) >= 11 is 1.58. The normalized spacial score (nSPS) is 10.4. The van der Waals surface area contributed by atoms with Crippen LogP contribution in [0, 0.1) is 11.3 Å². The van der Waals surface area contributed by atoms with Gasteiger partial charge in [0, 0.05) is 25.1 Å². The number of nitriles is 1. The summed E-state index contributed by atoms with van der Waals surface area (Å²) in [6.45, 7) is 2.76. The molecule has 0 unspecified atom stereocenters. The molecule has 1 aromatic heterocycles. The molecule has 114 valence electrons. The number of carbonyl (C=O) groups excluding carboxylic acids is 1. The van der Waals surface area contributed by atoms with E-state index in [0.717, 1.165) is 28.8 Å². The highest BCUT2D eigenvalue weighted by Gasteiger charge is 2.12. The average Bonchev–Trinajstić information content (AvgIpc) is 2.93. The fraction of sp³-hybridized carbons (Fsp3) is 0.333. The number of primary amides is 1. The van der Waals surface area contributed by atoms with Crippen LogP contribution in [-0.2, 0) is 23.5 Å². The van der Waals surface area contributed by atoms with Crippen LogP contribution in [-0.4, -0.2) is 20.7 Å². The van der Waals surface area contributed by atoms with Gasteiger partial charge in [0.1, 0.15) is 5.82 Å². The van der Waals surface area contributed by atoms with E-state index in [4.69, 9.17) is 11.0 Å². The monoisotopic (exact) mass is 315 g/mol. The van der Waals surface area contributed by atoms with Crippen LogP contribution in [0.5, 0.6) is 0 Å². The molecule has 2 N–H and O–H groups in total. The van der Waals surface area contributed by atoms with Crippen LogP contribution >= 0.6 is 11.8 Å². The van der Waals surface area contributed by atoms with Crippen molar-refractivity contribution < 1.29 is 4.79 Å². The van der Waals surface area contributed by atoms with Gasteiger partial charge in [-0.1, -0.05) is 23.9 Å². The van der Waals surface area contributed by atoms with Gasteiger partial charge in [-0.2, -0.15) is 5.26 Å². The van der Waals surface area contributed by atoms with Crippen molar-refractivity contribution in [3.8, 4) is 6.07 Å². The van der Waals surface area contributed by atoms with E-state index in [-0.39, 0.29) is 12.3 Å². The number of rotatable bonds is 7. The van der Waals surface area contributed by atoms with Crippen molar-refractivity contribution in [3.63, 3.8) is 0 Å². The largest absolute Gasteiger partial charge is 0.370 e. The fourth-order valence-corrected chi connectivity index (χ4v) is 2.96. The Morgan fingerprint density at radius 3 is 2.68 bits per heavy atom. The predicted molar refractivity (Wildman–Crippen MR) is 83.9 cm³/mol. The summed E-state index contributed by atoms with van der Waals surface area (Å²) in [5.74, 6) is 1.20. The lowest BCUT2D eigenvalue weighted by Gasteiger charge is -2.06. The molecule has 0 atom stereocenters. The number of hydrogen-bond donors (Lipinski definition) is 1. The zero-order chi connectivity index (χ0) is 15.9. The summed E-state index contributed by atoms with van der Waals surface area (Å²) in [4.78, 5) is 10.9. The van der Waals surface area contributed by atoms with Crippen LogP contribution in [0.4, 0.5) is 0 Å². The lowest BCUT2D eigenvalue weighted by molar-refractivity contribution is -0.118. The van der Waals surface area contributed by atoms with Crippen LogP contribution < -0.4 is 5.73 Å². The Labute approximate surface area is 133 Å². The number of nitrogens with zero attached hydrogens (tertiary/aromatic N) is 4. The van der Waals surface area contributed by atoms with E-state index >= 15 is 0 Å². The summed E-state index contributed by atoms with van der Waals surface area (Å²) in [5, 5.41) is 17.9. The fourth-order valence-electron chi connectivity index (χ4n) is 1.99. The van der Waals surface area contributed by atoms with Gasteiger partial charge in [0.25, 0.3) is 0 Å². The topological polar surface area (TPSA) is 97.6 Å². The Balaban J connectivity index is 2.02. The highest BCUT2D eigenvalue weighted by atomic mass is 32.2. The zero-order valence-corrected chi connectivity index (χ0v) is 13.1. The molecule has 0 saturated heterocycles. The van der Waals surface area contributed by atoms with E-state index in [1.807, 2.05) is 23.6 Å². The van der Waals surface area contributed by atoms with Crippen LogP contribution in [0.3, 0.4) is 0 Å². The maximum atomic E-state index is 10.9. The number of amides is 1. The maximum Gasteiger partial charge on any atom is 0.217 e. The summed E-state index contributed by atoms with van der Waals surface area (Å²) < 4.78 is 2.00. The van der Waals surface area contributed by atoms with E-state index < -0.39 is 0 Å². The number of hydrogen-bond acceptors (Lipinski definition) is 5. The first-order valence-electron chi connectivity index (χ1n) is 6.96. The molecule has 1 heterocycles. The van der Waals surface area contributed by atoms with Gasteiger partial charge in [0.15, 0.2) is 5.16 Å². The number of aromatic nitrogens is 3. The number of benzene rings is 1. The molecule has 0 spiro atoms. The van der Waals surface area contributed by atoms with E-state index in [2.05, 4.69) is 16.3 Å².